The van der Waals surface area contributed by atoms with Gasteiger partial charge >= 0.3 is 6.03 Å². The molecule has 0 saturated carbocycles. The third kappa shape index (κ3) is 5.50. The van der Waals surface area contributed by atoms with Crippen LogP contribution in [0.1, 0.15) is 13.8 Å². The average molecular weight is 395 g/mol. The number of hydrogen-bond acceptors (Lipinski definition) is 4. The maximum atomic E-state index is 12.6. The number of rotatable bonds is 5. The van der Waals surface area contributed by atoms with E-state index in [1.807, 2.05) is 23.1 Å². The van der Waals surface area contributed by atoms with Gasteiger partial charge in [-0.15, -0.1) is 0 Å². The molecule has 0 aromatic heterocycles. The number of hydrogen-bond donors (Lipinski definition) is 1. The predicted molar refractivity (Wildman–Crippen MR) is 110 cm³/mol. The second-order valence-electron chi connectivity index (χ2n) is 7.60. The summed E-state index contributed by atoms with van der Waals surface area (Å²) in [7, 11) is 0. The third-order valence-corrected chi connectivity index (χ3v) is 5.72. The number of carbonyl (C=O) groups is 1. The largest absolute Gasteiger partial charge is 0.379 e. The molecule has 1 atom stereocenters. The number of benzene rings is 1. The van der Waals surface area contributed by atoms with E-state index in [1.54, 1.807) is 0 Å². The van der Waals surface area contributed by atoms with Gasteiger partial charge in [-0.2, -0.15) is 0 Å². The predicted octanol–water partition coefficient (Wildman–Crippen LogP) is 2.53. The Morgan fingerprint density at radius 1 is 1.15 bits per heavy atom. The van der Waals surface area contributed by atoms with Gasteiger partial charge < -0.3 is 19.9 Å². The van der Waals surface area contributed by atoms with E-state index in [-0.39, 0.29) is 6.03 Å². The molecule has 7 heteroatoms. The van der Waals surface area contributed by atoms with Gasteiger partial charge in [0, 0.05) is 62.6 Å². The van der Waals surface area contributed by atoms with Crippen molar-refractivity contribution in [3.63, 3.8) is 0 Å². The van der Waals surface area contributed by atoms with Crippen LogP contribution in [0.4, 0.5) is 10.5 Å². The lowest BCUT2D eigenvalue weighted by molar-refractivity contribution is 0.00693. The Hall–Kier alpha value is -1.50. The number of urea groups is 1. The molecule has 1 N–H and O–H groups in total. The fourth-order valence-corrected chi connectivity index (χ4v) is 4.02. The molecule has 27 heavy (non-hydrogen) atoms. The van der Waals surface area contributed by atoms with Crippen LogP contribution in [0.15, 0.2) is 24.3 Å². The highest BCUT2D eigenvalue weighted by atomic mass is 35.5. The first-order valence-electron chi connectivity index (χ1n) is 9.89. The zero-order chi connectivity index (χ0) is 19.2. The van der Waals surface area contributed by atoms with Crippen molar-refractivity contribution in [2.75, 3.05) is 63.9 Å². The van der Waals surface area contributed by atoms with Crippen LogP contribution in [0.2, 0.25) is 5.02 Å². The van der Waals surface area contributed by atoms with Crippen molar-refractivity contribution in [2.45, 2.75) is 19.9 Å². The van der Waals surface area contributed by atoms with Gasteiger partial charge in [0.15, 0.2) is 0 Å². The van der Waals surface area contributed by atoms with Crippen molar-refractivity contribution in [3.05, 3.63) is 29.3 Å². The van der Waals surface area contributed by atoms with E-state index >= 15 is 0 Å². The topological polar surface area (TPSA) is 48.1 Å². The highest BCUT2D eigenvalue weighted by Crippen LogP contribution is 2.21. The number of ether oxygens (including phenoxy) is 1. The molecular formula is C20H31ClN4O2. The summed E-state index contributed by atoms with van der Waals surface area (Å²) in [6.45, 7) is 11.7. The Morgan fingerprint density at radius 2 is 1.85 bits per heavy atom. The van der Waals surface area contributed by atoms with Crippen molar-refractivity contribution >= 4 is 23.3 Å². The fraction of sp³-hybridized carbons (Fsp3) is 0.650. The molecule has 2 heterocycles. The number of piperazine rings is 1. The maximum Gasteiger partial charge on any atom is 0.317 e. The Balaban J connectivity index is 1.47. The quantitative estimate of drug-likeness (QED) is 0.833. The van der Waals surface area contributed by atoms with Crippen LogP contribution >= 0.6 is 11.6 Å². The minimum atomic E-state index is 0.0413. The second-order valence-corrected chi connectivity index (χ2v) is 8.04. The second kappa shape index (κ2) is 9.62. The number of anilines is 1. The van der Waals surface area contributed by atoms with Crippen molar-refractivity contribution in [1.29, 1.82) is 0 Å². The average Bonchev–Trinajstić information content (AvgIpc) is 2.69. The molecule has 2 fully saturated rings. The number of nitrogens with zero attached hydrogens (tertiary/aromatic N) is 3. The normalized spacial score (nSPS) is 20.0. The molecule has 3 rings (SSSR count). The molecule has 0 bridgehead atoms. The summed E-state index contributed by atoms with van der Waals surface area (Å²) < 4.78 is 5.45. The summed E-state index contributed by atoms with van der Waals surface area (Å²) in [5, 5.41) is 3.91. The molecule has 0 unspecified atom stereocenters. The standard InChI is InChI=1S/C20H31ClN4O2/c1-16(2)19(24-10-12-27-13-11-24)15-22-20(26)25-8-6-23(7-9-25)18-5-3-4-17(21)14-18/h3-5,14,16,19H,6-13,15H2,1-2H3,(H,22,26)/t19-/m1/s1. The lowest BCUT2D eigenvalue weighted by Crippen LogP contribution is -2.55. The zero-order valence-corrected chi connectivity index (χ0v) is 17.1. The molecule has 2 aliphatic heterocycles. The van der Waals surface area contributed by atoms with Gasteiger partial charge in [-0.05, 0) is 24.1 Å². The molecule has 2 aliphatic rings. The summed E-state index contributed by atoms with van der Waals surface area (Å²) in [5.41, 5.74) is 1.12. The summed E-state index contributed by atoms with van der Waals surface area (Å²) in [4.78, 5) is 19.3. The van der Waals surface area contributed by atoms with Crippen LogP contribution in [0.3, 0.4) is 0 Å². The Morgan fingerprint density at radius 3 is 2.48 bits per heavy atom. The van der Waals surface area contributed by atoms with Crippen LogP contribution in [0.25, 0.3) is 0 Å². The molecule has 1 aromatic rings. The van der Waals surface area contributed by atoms with Gasteiger partial charge in [0.1, 0.15) is 0 Å². The minimum absolute atomic E-state index is 0.0413. The van der Waals surface area contributed by atoms with Crippen LogP contribution in [-0.4, -0.2) is 80.9 Å². The van der Waals surface area contributed by atoms with Gasteiger partial charge in [-0.3, -0.25) is 4.90 Å². The SMILES string of the molecule is CC(C)[C@@H](CNC(=O)N1CCN(c2cccc(Cl)c2)CC1)N1CCOCC1. The van der Waals surface area contributed by atoms with E-state index < -0.39 is 0 Å². The van der Waals surface area contributed by atoms with Gasteiger partial charge in [-0.25, -0.2) is 4.79 Å². The minimum Gasteiger partial charge on any atom is -0.379 e. The van der Waals surface area contributed by atoms with E-state index in [9.17, 15) is 4.79 Å². The monoisotopic (exact) mass is 394 g/mol. The highest BCUT2D eigenvalue weighted by molar-refractivity contribution is 6.30. The maximum absolute atomic E-state index is 12.6. The van der Waals surface area contributed by atoms with Gasteiger partial charge in [-0.1, -0.05) is 31.5 Å². The zero-order valence-electron chi connectivity index (χ0n) is 16.4. The number of nitrogens with one attached hydrogen (secondary N) is 1. The molecule has 0 spiro atoms. The summed E-state index contributed by atoms with van der Waals surface area (Å²) in [5.74, 6) is 0.489. The molecule has 2 amide bonds. The highest BCUT2D eigenvalue weighted by Gasteiger charge is 2.26. The summed E-state index contributed by atoms with van der Waals surface area (Å²) in [6.07, 6.45) is 0. The molecule has 6 nitrogen and oxygen atoms in total. The van der Waals surface area contributed by atoms with Crippen LogP contribution < -0.4 is 10.2 Å². The van der Waals surface area contributed by atoms with Crippen LogP contribution in [0.5, 0.6) is 0 Å². The first kappa shape index (κ1) is 20.2. The Labute approximate surface area is 167 Å². The van der Waals surface area contributed by atoms with Gasteiger partial charge in [0.25, 0.3) is 0 Å². The molecule has 0 radical (unpaired) electrons. The first-order valence-corrected chi connectivity index (χ1v) is 10.3. The smallest absolute Gasteiger partial charge is 0.317 e. The Bertz CT molecular complexity index is 614. The van der Waals surface area contributed by atoms with Crippen molar-refractivity contribution in [2.24, 2.45) is 5.92 Å². The molecule has 2 saturated heterocycles. The molecule has 0 aliphatic carbocycles. The van der Waals surface area contributed by atoms with E-state index in [0.717, 1.165) is 63.2 Å². The van der Waals surface area contributed by atoms with Crippen LogP contribution in [-0.2, 0) is 4.74 Å². The van der Waals surface area contributed by atoms with Gasteiger partial charge in [0.2, 0.25) is 0 Å². The lowest BCUT2D eigenvalue weighted by atomic mass is 10.0. The number of morpholine rings is 1. The lowest BCUT2D eigenvalue weighted by Gasteiger charge is -2.38. The number of carbonyl (C=O) groups excluding carboxylic acids is 1. The van der Waals surface area contributed by atoms with Crippen LogP contribution in [0, 0.1) is 5.92 Å². The number of halogens is 1. The van der Waals surface area contributed by atoms with E-state index in [0.29, 0.717) is 18.5 Å². The first-order chi connectivity index (χ1) is 13.0. The summed E-state index contributed by atoms with van der Waals surface area (Å²) in [6, 6.07) is 8.29. The molecule has 150 valence electrons. The van der Waals surface area contributed by atoms with E-state index in [2.05, 4.69) is 35.0 Å². The summed E-state index contributed by atoms with van der Waals surface area (Å²) >= 11 is 6.09. The van der Waals surface area contributed by atoms with Crippen molar-refractivity contribution in [3.8, 4) is 0 Å². The van der Waals surface area contributed by atoms with E-state index in [4.69, 9.17) is 16.3 Å². The number of amides is 2. The van der Waals surface area contributed by atoms with Crippen molar-refractivity contribution in [1.82, 2.24) is 15.1 Å². The van der Waals surface area contributed by atoms with Gasteiger partial charge in [0.05, 0.1) is 13.2 Å². The fourth-order valence-electron chi connectivity index (χ4n) is 3.84. The van der Waals surface area contributed by atoms with Crippen molar-refractivity contribution < 1.29 is 9.53 Å². The van der Waals surface area contributed by atoms with E-state index in [1.165, 1.54) is 0 Å². The third-order valence-electron chi connectivity index (χ3n) is 5.49. The molecular weight excluding hydrogens is 364 g/mol. The Kier molecular flexibility index (Phi) is 7.21. The molecule has 1 aromatic carbocycles.